The van der Waals surface area contributed by atoms with E-state index in [1.54, 1.807) is 0 Å². The molecule has 1 aliphatic carbocycles. The molecule has 1 saturated heterocycles. The molecule has 1 aliphatic heterocycles. The highest BCUT2D eigenvalue weighted by molar-refractivity contribution is 9.10. The van der Waals surface area contributed by atoms with Crippen molar-refractivity contribution < 1.29 is 4.39 Å². The Morgan fingerprint density at radius 2 is 2.14 bits per heavy atom. The van der Waals surface area contributed by atoms with Gasteiger partial charge in [0, 0.05) is 31.2 Å². The zero-order chi connectivity index (χ0) is 14.9. The first kappa shape index (κ1) is 15.4. The van der Waals surface area contributed by atoms with Crippen molar-refractivity contribution in [1.29, 1.82) is 0 Å². The summed E-state index contributed by atoms with van der Waals surface area (Å²) in [6, 6.07) is 5.90. The van der Waals surface area contributed by atoms with Crippen molar-refractivity contribution in [2.45, 2.75) is 57.2 Å². The van der Waals surface area contributed by atoms with E-state index < -0.39 is 0 Å². The van der Waals surface area contributed by atoms with Crippen LogP contribution in [-0.2, 0) is 6.54 Å². The van der Waals surface area contributed by atoms with Gasteiger partial charge >= 0.3 is 0 Å². The van der Waals surface area contributed by atoms with Crippen molar-refractivity contribution in [2.24, 2.45) is 0 Å². The minimum Gasteiger partial charge on any atom is -0.308 e. The predicted octanol–water partition coefficient (Wildman–Crippen LogP) is 4.08. The second-order valence-corrected chi connectivity index (χ2v) is 7.34. The van der Waals surface area contributed by atoms with E-state index in [0.29, 0.717) is 16.1 Å². The number of halogens is 2. The zero-order valence-electron chi connectivity index (χ0n) is 12.7. The summed E-state index contributed by atoms with van der Waals surface area (Å²) >= 11 is 3.41. The highest BCUT2D eigenvalue weighted by Crippen LogP contribution is 2.34. The van der Waals surface area contributed by atoms with E-state index in [1.165, 1.54) is 31.7 Å². The molecule has 0 aromatic heterocycles. The third-order valence-electron chi connectivity index (χ3n) is 5.17. The number of hydrogen-bond donors (Lipinski definition) is 1. The molecule has 1 aromatic carbocycles. The smallest absolute Gasteiger partial charge is 0.137 e. The molecule has 116 valence electrons. The highest BCUT2D eigenvalue weighted by atomic mass is 79.9. The Morgan fingerprint density at radius 1 is 1.38 bits per heavy atom. The summed E-state index contributed by atoms with van der Waals surface area (Å²) in [5.41, 5.74) is 1.37. The van der Waals surface area contributed by atoms with Crippen molar-refractivity contribution >= 4 is 15.9 Å². The molecule has 1 atom stereocenters. The normalized spacial score (nSPS) is 25.6. The number of hydrogen-bond acceptors (Lipinski definition) is 2. The molecular formula is C17H24BrFN2. The molecule has 1 spiro atoms. The number of nitrogens with one attached hydrogen (secondary N) is 1. The Morgan fingerprint density at radius 3 is 2.86 bits per heavy atom. The van der Waals surface area contributed by atoms with E-state index in [9.17, 15) is 4.39 Å². The molecule has 4 heteroatoms. The van der Waals surface area contributed by atoms with E-state index in [4.69, 9.17) is 0 Å². The Hall–Kier alpha value is -0.450. The molecule has 1 unspecified atom stereocenters. The van der Waals surface area contributed by atoms with Crippen molar-refractivity contribution in [1.82, 2.24) is 10.2 Å². The van der Waals surface area contributed by atoms with Crippen molar-refractivity contribution in [3.63, 3.8) is 0 Å². The van der Waals surface area contributed by atoms with Crippen LogP contribution in [0.25, 0.3) is 0 Å². The van der Waals surface area contributed by atoms with Crippen LogP contribution in [0.1, 0.15) is 44.6 Å². The third kappa shape index (κ3) is 3.17. The monoisotopic (exact) mass is 354 g/mol. The maximum Gasteiger partial charge on any atom is 0.137 e. The summed E-state index contributed by atoms with van der Waals surface area (Å²) < 4.78 is 14.4. The van der Waals surface area contributed by atoms with Crippen LogP contribution in [0, 0.1) is 5.82 Å². The summed E-state index contributed by atoms with van der Waals surface area (Å²) in [5, 5.41) is 3.81. The fourth-order valence-corrected chi connectivity index (χ4v) is 4.29. The van der Waals surface area contributed by atoms with E-state index in [-0.39, 0.29) is 5.82 Å². The van der Waals surface area contributed by atoms with Gasteiger partial charge in [0.2, 0.25) is 0 Å². The Balaban J connectivity index is 1.78. The standard InChI is InChI=1S/C17H24BrFN2/c1-2-14-10-20-17(8-3-4-9-17)12-21(14)11-13-6-5-7-15(19)16(13)18/h5-7,14,20H,2-4,8-12H2,1H3. The van der Waals surface area contributed by atoms with E-state index in [2.05, 4.69) is 33.1 Å². The number of benzene rings is 1. The summed E-state index contributed by atoms with van der Waals surface area (Å²) in [4.78, 5) is 2.56. The van der Waals surface area contributed by atoms with Gasteiger partial charge < -0.3 is 5.32 Å². The lowest BCUT2D eigenvalue weighted by Gasteiger charge is -2.46. The lowest BCUT2D eigenvalue weighted by Crippen LogP contribution is -2.62. The Kier molecular flexibility index (Phi) is 4.67. The molecule has 2 nitrogen and oxygen atoms in total. The average molecular weight is 355 g/mol. The maximum atomic E-state index is 13.7. The van der Waals surface area contributed by atoms with Crippen LogP contribution >= 0.6 is 15.9 Å². The van der Waals surface area contributed by atoms with Gasteiger partial charge in [-0.05, 0) is 46.8 Å². The molecule has 1 saturated carbocycles. The van der Waals surface area contributed by atoms with Crippen LogP contribution in [0.2, 0.25) is 0 Å². The first-order valence-corrected chi connectivity index (χ1v) is 8.85. The SMILES string of the molecule is CCC1CNC2(CCCC2)CN1Cc1cccc(F)c1Br. The summed E-state index contributed by atoms with van der Waals surface area (Å²) in [7, 11) is 0. The van der Waals surface area contributed by atoms with Crippen LogP contribution in [0.4, 0.5) is 4.39 Å². The van der Waals surface area contributed by atoms with Gasteiger partial charge in [-0.15, -0.1) is 0 Å². The van der Waals surface area contributed by atoms with Gasteiger partial charge in [-0.25, -0.2) is 4.39 Å². The average Bonchev–Trinajstić information content (AvgIpc) is 2.92. The zero-order valence-corrected chi connectivity index (χ0v) is 14.3. The number of nitrogens with zero attached hydrogens (tertiary/aromatic N) is 1. The van der Waals surface area contributed by atoms with Gasteiger partial charge in [0.15, 0.2) is 0 Å². The molecule has 0 bridgehead atoms. The van der Waals surface area contributed by atoms with Crippen LogP contribution in [0.3, 0.4) is 0 Å². The van der Waals surface area contributed by atoms with Gasteiger partial charge in [-0.3, -0.25) is 4.90 Å². The molecular weight excluding hydrogens is 331 g/mol. The summed E-state index contributed by atoms with van der Waals surface area (Å²) in [6.45, 7) is 5.23. The Labute approximate surface area is 135 Å². The largest absolute Gasteiger partial charge is 0.308 e. The molecule has 21 heavy (non-hydrogen) atoms. The number of piperazine rings is 1. The molecule has 1 aromatic rings. The predicted molar refractivity (Wildman–Crippen MR) is 87.8 cm³/mol. The van der Waals surface area contributed by atoms with Gasteiger partial charge in [0.05, 0.1) is 4.47 Å². The molecule has 1 N–H and O–H groups in total. The number of rotatable bonds is 3. The van der Waals surface area contributed by atoms with Crippen molar-refractivity contribution in [3.8, 4) is 0 Å². The minimum absolute atomic E-state index is 0.161. The molecule has 0 radical (unpaired) electrons. The minimum atomic E-state index is -0.161. The summed E-state index contributed by atoms with van der Waals surface area (Å²) in [6.07, 6.45) is 6.37. The second-order valence-electron chi connectivity index (χ2n) is 6.55. The van der Waals surface area contributed by atoms with Crippen LogP contribution in [0.5, 0.6) is 0 Å². The molecule has 1 heterocycles. The maximum absolute atomic E-state index is 13.7. The van der Waals surface area contributed by atoms with Crippen LogP contribution < -0.4 is 5.32 Å². The van der Waals surface area contributed by atoms with Crippen LogP contribution in [-0.4, -0.2) is 29.6 Å². The fraction of sp³-hybridized carbons (Fsp3) is 0.647. The second kappa shape index (κ2) is 6.35. The van der Waals surface area contributed by atoms with Crippen LogP contribution in [0.15, 0.2) is 22.7 Å². The van der Waals surface area contributed by atoms with E-state index in [1.807, 2.05) is 12.1 Å². The quantitative estimate of drug-likeness (QED) is 0.879. The first-order chi connectivity index (χ1) is 10.1. The fourth-order valence-electron chi connectivity index (χ4n) is 3.90. The van der Waals surface area contributed by atoms with Crippen molar-refractivity contribution in [3.05, 3.63) is 34.1 Å². The Bertz CT molecular complexity index is 500. The van der Waals surface area contributed by atoms with E-state index in [0.717, 1.165) is 31.6 Å². The molecule has 2 fully saturated rings. The molecule has 0 amide bonds. The molecule has 2 aliphatic rings. The van der Waals surface area contributed by atoms with Gasteiger partial charge in [0.25, 0.3) is 0 Å². The van der Waals surface area contributed by atoms with Gasteiger partial charge in [0.1, 0.15) is 5.82 Å². The first-order valence-electron chi connectivity index (χ1n) is 8.05. The van der Waals surface area contributed by atoms with Gasteiger partial charge in [-0.2, -0.15) is 0 Å². The third-order valence-corrected chi connectivity index (χ3v) is 6.06. The van der Waals surface area contributed by atoms with Gasteiger partial charge in [-0.1, -0.05) is 31.9 Å². The highest BCUT2D eigenvalue weighted by Gasteiger charge is 2.40. The topological polar surface area (TPSA) is 15.3 Å². The lowest BCUT2D eigenvalue weighted by molar-refractivity contribution is 0.0715. The van der Waals surface area contributed by atoms with Crippen molar-refractivity contribution in [2.75, 3.05) is 13.1 Å². The van der Waals surface area contributed by atoms with E-state index >= 15 is 0 Å². The molecule has 3 rings (SSSR count). The summed E-state index contributed by atoms with van der Waals surface area (Å²) in [5.74, 6) is -0.161. The lowest BCUT2D eigenvalue weighted by atomic mass is 9.91.